The standard InChI is InChI=1S/C23H24N4O5/c1-14-9-17(31-3)7-5-4-6-8-27(20(14)28)13-23(21(29)25-22(30)26-23)19-11-16-10-15(2)24-12-18(16)32-19/h5,7,9-12H,1,4,6,8,13H2,2-3H3,(H2,25,26,29,30)/b7-5-,17-9+/t23-/m0/s1. The number of nitrogens with one attached hydrogen (secondary N) is 2. The lowest BCUT2D eigenvalue weighted by Gasteiger charge is -2.32. The Bertz CT molecular complexity index is 1180. The minimum absolute atomic E-state index is 0.117. The first-order chi connectivity index (χ1) is 15.3. The molecular formula is C23H24N4O5. The summed E-state index contributed by atoms with van der Waals surface area (Å²) in [7, 11) is 1.52. The number of hydrogen-bond donors (Lipinski definition) is 2. The van der Waals surface area contributed by atoms with Gasteiger partial charge in [-0.1, -0.05) is 12.7 Å². The highest BCUT2D eigenvalue weighted by molar-refractivity contribution is 6.08. The molecule has 0 radical (unpaired) electrons. The average Bonchev–Trinajstić information content (AvgIpc) is 3.30. The molecule has 4 amide bonds. The van der Waals surface area contributed by atoms with Crippen LogP contribution in [0, 0.1) is 6.92 Å². The van der Waals surface area contributed by atoms with Crippen molar-refractivity contribution in [1.29, 1.82) is 0 Å². The topological polar surface area (TPSA) is 114 Å². The van der Waals surface area contributed by atoms with E-state index in [0.29, 0.717) is 30.7 Å². The fourth-order valence-corrected chi connectivity index (χ4v) is 3.87. The second-order valence-electron chi connectivity index (χ2n) is 7.84. The Morgan fingerprint density at radius 3 is 2.84 bits per heavy atom. The third-order valence-electron chi connectivity index (χ3n) is 5.53. The molecule has 4 rings (SSSR count). The Kier molecular flexibility index (Phi) is 5.56. The van der Waals surface area contributed by atoms with Gasteiger partial charge >= 0.3 is 6.03 Å². The predicted molar refractivity (Wildman–Crippen MR) is 116 cm³/mol. The van der Waals surface area contributed by atoms with Crippen LogP contribution in [0.2, 0.25) is 0 Å². The smallest absolute Gasteiger partial charge is 0.322 e. The number of imide groups is 1. The van der Waals surface area contributed by atoms with E-state index in [1.807, 2.05) is 19.1 Å². The van der Waals surface area contributed by atoms with Gasteiger partial charge in [-0.15, -0.1) is 0 Å². The lowest BCUT2D eigenvalue weighted by atomic mass is 9.94. The molecule has 1 atom stereocenters. The molecule has 166 valence electrons. The maximum Gasteiger partial charge on any atom is 0.322 e. The molecular weight excluding hydrogens is 412 g/mol. The molecule has 1 fully saturated rings. The number of urea groups is 1. The van der Waals surface area contributed by atoms with E-state index in [2.05, 4.69) is 22.2 Å². The van der Waals surface area contributed by atoms with Gasteiger partial charge in [-0.3, -0.25) is 19.9 Å². The number of aryl methyl sites for hydroxylation is 1. The molecule has 0 unspecified atom stereocenters. The maximum atomic E-state index is 13.2. The quantitative estimate of drug-likeness (QED) is 0.562. The van der Waals surface area contributed by atoms with E-state index in [4.69, 9.17) is 9.15 Å². The molecule has 0 bridgehead atoms. The van der Waals surface area contributed by atoms with Gasteiger partial charge in [0.2, 0.25) is 0 Å². The number of fused-ring (bicyclic) bond motifs is 1. The van der Waals surface area contributed by atoms with E-state index in [0.717, 1.165) is 11.1 Å². The second kappa shape index (κ2) is 8.33. The van der Waals surface area contributed by atoms with Crippen molar-refractivity contribution in [3.8, 4) is 0 Å². The van der Waals surface area contributed by atoms with E-state index in [1.165, 1.54) is 12.0 Å². The Morgan fingerprint density at radius 1 is 1.31 bits per heavy atom. The minimum Gasteiger partial charge on any atom is -0.497 e. The molecule has 2 aliphatic heterocycles. The zero-order valence-electron chi connectivity index (χ0n) is 17.9. The van der Waals surface area contributed by atoms with E-state index in [1.54, 1.807) is 24.4 Å². The van der Waals surface area contributed by atoms with Crippen LogP contribution in [-0.2, 0) is 19.9 Å². The number of amides is 4. The molecule has 0 aromatic carbocycles. The van der Waals surface area contributed by atoms with E-state index in [9.17, 15) is 14.4 Å². The van der Waals surface area contributed by atoms with Crippen LogP contribution in [0.25, 0.3) is 11.0 Å². The molecule has 9 nitrogen and oxygen atoms in total. The minimum atomic E-state index is -1.58. The van der Waals surface area contributed by atoms with Gasteiger partial charge in [0.1, 0.15) is 11.5 Å². The zero-order chi connectivity index (χ0) is 22.9. The van der Waals surface area contributed by atoms with Crippen molar-refractivity contribution in [2.24, 2.45) is 0 Å². The summed E-state index contributed by atoms with van der Waals surface area (Å²) in [6.45, 7) is 5.96. The molecule has 32 heavy (non-hydrogen) atoms. The van der Waals surface area contributed by atoms with Gasteiger partial charge in [0.05, 0.1) is 19.9 Å². The summed E-state index contributed by atoms with van der Waals surface area (Å²) in [6.07, 6.45) is 8.22. The number of ether oxygens (including phenoxy) is 1. The fourth-order valence-electron chi connectivity index (χ4n) is 3.87. The number of methoxy groups -OCH3 is 1. The van der Waals surface area contributed by atoms with Crippen LogP contribution in [-0.4, -0.2) is 47.9 Å². The number of allylic oxidation sites excluding steroid dienone is 2. The number of pyridine rings is 1. The number of carbonyl (C=O) groups excluding carboxylic acids is 3. The van der Waals surface area contributed by atoms with Crippen LogP contribution >= 0.6 is 0 Å². The molecule has 9 heteroatoms. The number of nitrogens with zero attached hydrogens (tertiary/aromatic N) is 2. The number of rotatable bonds is 4. The monoisotopic (exact) mass is 436 g/mol. The van der Waals surface area contributed by atoms with Gasteiger partial charge in [-0.2, -0.15) is 0 Å². The third kappa shape index (κ3) is 3.89. The van der Waals surface area contributed by atoms with Crippen LogP contribution in [0.1, 0.15) is 24.3 Å². The van der Waals surface area contributed by atoms with Crippen molar-refractivity contribution < 1.29 is 23.5 Å². The van der Waals surface area contributed by atoms with Crippen molar-refractivity contribution in [3.05, 3.63) is 65.9 Å². The van der Waals surface area contributed by atoms with E-state index >= 15 is 0 Å². The highest BCUT2D eigenvalue weighted by atomic mass is 16.5. The van der Waals surface area contributed by atoms with Crippen LogP contribution < -0.4 is 10.6 Å². The lowest BCUT2D eigenvalue weighted by molar-refractivity contribution is -0.131. The molecule has 0 saturated carbocycles. The summed E-state index contributed by atoms with van der Waals surface area (Å²) in [5.41, 5.74) is -0.102. The van der Waals surface area contributed by atoms with Crippen LogP contribution in [0.15, 0.2) is 58.9 Å². The molecule has 0 spiro atoms. The molecule has 4 heterocycles. The van der Waals surface area contributed by atoms with Crippen molar-refractivity contribution in [2.75, 3.05) is 20.2 Å². The molecule has 2 N–H and O–H groups in total. The van der Waals surface area contributed by atoms with E-state index in [-0.39, 0.29) is 23.8 Å². The van der Waals surface area contributed by atoms with Gasteiger partial charge in [-0.05, 0) is 44.1 Å². The number of aromatic nitrogens is 1. The van der Waals surface area contributed by atoms with Gasteiger partial charge < -0.3 is 19.4 Å². The summed E-state index contributed by atoms with van der Waals surface area (Å²) in [5, 5.41) is 5.71. The van der Waals surface area contributed by atoms with Crippen LogP contribution in [0.4, 0.5) is 4.79 Å². The summed E-state index contributed by atoms with van der Waals surface area (Å²) in [6, 6.07) is 2.87. The van der Waals surface area contributed by atoms with Crippen molar-refractivity contribution in [3.63, 3.8) is 0 Å². The van der Waals surface area contributed by atoms with Crippen molar-refractivity contribution in [1.82, 2.24) is 20.5 Å². The highest BCUT2D eigenvalue weighted by Crippen LogP contribution is 2.32. The summed E-state index contributed by atoms with van der Waals surface area (Å²) < 4.78 is 11.2. The van der Waals surface area contributed by atoms with Gasteiger partial charge in [0.25, 0.3) is 11.8 Å². The lowest BCUT2D eigenvalue weighted by Crippen LogP contribution is -2.54. The normalized spacial score (nSPS) is 24.7. The average molecular weight is 436 g/mol. The van der Waals surface area contributed by atoms with Gasteiger partial charge in [-0.25, -0.2) is 4.79 Å². The summed E-state index contributed by atoms with van der Waals surface area (Å²) in [4.78, 5) is 44.1. The Balaban J connectivity index is 1.74. The highest BCUT2D eigenvalue weighted by Gasteiger charge is 2.52. The number of carbonyl (C=O) groups is 3. The maximum absolute atomic E-state index is 13.2. The Hall–Kier alpha value is -3.88. The Labute approximate surface area is 184 Å². The largest absolute Gasteiger partial charge is 0.497 e. The summed E-state index contributed by atoms with van der Waals surface area (Å²) in [5.74, 6) is -0.217. The number of hydrogen-bond acceptors (Lipinski definition) is 6. The van der Waals surface area contributed by atoms with Gasteiger partial charge in [0, 0.05) is 23.2 Å². The second-order valence-corrected chi connectivity index (χ2v) is 7.84. The Morgan fingerprint density at radius 2 is 2.12 bits per heavy atom. The first-order valence-electron chi connectivity index (χ1n) is 10.2. The van der Waals surface area contributed by atoms with Crippen LogP contribution in [0.3, 0.4) is 0 Å². The third-order valence-corrected chi connectivity index (χ3v) is 5.53. The molecule has 1 saturated heterocycles. The molecule has 0 aliphatic carbocycles. The van der Waals surface area contributed by atoms with Crippen LogP contribution in [0.5, 0.6) is 0 Å². The molecule has 2 aliphatic rings. The first kappa shape index (κ1) is 21.4. The predicted octanol–water partition coefficient (Wildman–Crippen LogP) is 2.44. The van der Waals surface area contributed by atoms with Gasteiger partial charge in [0.15, 0.2) is 11.1 Å². The molecule has 2 aromatic heterocycles. The number of furan rings is 1. The SMILES string of the molecule is C=C1/C=C(OC)\C=C/CCCN(C[C@@]2(c3cc4cc(C)ncc4o3)NC(=O)NC2=O)C1=O. The van der Waals surface area contributed by atoms with E-state index < -0.39 is 17.5 Å². The summed E-state index contributed by atoms with van der Waals surface area (Å²) >= 11 is 0. The fraction of sp³-hybridized carbons (Fsp3) is 0.304. The van der Waals surface area contributed by atoms with Crippen molar-refractivity contribution in [2.45, 2.75) is 25.3 Å². The molecule has 2 aromatic rings. The zero-order valence-corrected chi connectivity index (χ0v) is 17.9. The first-order valence-corrected chi connectivity index (χ1v) is 10.2. The van der Waals surface area contributed by atoms with Crippen molar-refractivity contribution >= 4 is 28.8 Å².